The Labute approximate surface area is 147 Å². The van der Waals surface area contributed by atoms with Crippen LogP contribution in [0.2, 0.25) is 0 Å². The third kappa shape index (κ3) is 4.00. The van der Waals surface area contributed by atoms with Gasteiger partial charge in [-0.15, -0.1) is 0 Å². The summed E-state index contributed by atoms with van der Waals surface area (Å²) in [5, 5.41) is 2.28. The van der Waals surface area contributed by atoms with Crippen molar-refractivity contribution in [3.05, 3.63) is 35.4 Å². The molecule has 2 aliphatic rings. The number of cyclic esters (lactones) is 1. The maximum atomic E-state index is 12.2. The van der Waals surface area contributed by atoms with E-state index < -0.39 is 18.0 Å². The summed E-state index contributed by atoms with van der Waals surface area (Å²) in [4.78, 5) is 36.8. The highest BCUT2D eigenvalue weighted by Gasteiger charge is 2.41. The van der Waals surface area contributed by atoms with Crippen LogP contribution in [0.4, 0.5) is 4.79 Å². The van der Waals surface area contributed by atoms with Crippen molar-refractivity contribution >= 4 is 17.9 Å². The van der Waals surface area contributed by atoms with E-state index in [1.807, 2.05) is 12.1 Å². The van der Waals surface area contributed by atoms with Crippen LogP contribution in [0.1, 0.15) is 50.8 Å². The summed E-state index contributed by atoms with van der Waals surface area (Å²) in [7, 11) is 0. The van der Waals surface area contributed by atoms with Gasteiger partial charge in [-0.2, -0.15) is 0 Å². The number of ether oxygens (including phenoxy) is 1. The monoisotopic (exact) mass is 344 g/mol. The molecule has 0 spiro atoms. The zero-order valence-electron chi connectivity index (χ0n) is 14.9. The fourth-order valence-electron chi connectivity index (χ4n) is 3.35. The lowest BCUT2D eigenvalue weighted by Crippen LogP contribution is -2.52. The van der Waals surface area contributed by atoms with E-state index in [-0.39, 0.29) is 23.8 Å². The molecule has 0 radical (unpaired) electrons. The number of hydrogen-bond donors (Lipinski definition) is 1. The molecular formula is C19H24N2O4. The third-order valence-corrected chi connectivity index (χ3v) is 4.51. The first-order valence-corrected chi connectivity index (χ1v) is 8.63. The van der Waals surface area contributed by atoms with Crippen molar-refractivity contribution in [1.82, 2.24) is 10.2 Å². The molecule has 3 amide bonds. The highest BCUT2D eigenvalue weighted by atomic mass is 16.6. The fraction of sp³-hybridized carbons (Fsp3) is 0.526. The maximum absolute atomic E-state index is 12.2. The Balaban J connectivity index is 1.68. The van der Waals surface area contributed by atoms with Gasteiger partial charge in [-0.1, -0.05) is 45.0 Å². The number of imide groups is 1. The Morgan fingerprint density at radius 3 is 2.44 bits per heavy atom. The molecule has 2 fully saturated rings. The van der Waals surface area contributed by atoms with E-state index in [0.29, 0.717) is 13.0 Å². The minimum Gasteiger partial charge on any atom is -0.439 e. The van der Waals surface area contributed by atoms with Gasteiger partial charge in [0.15, 0.2) is 0 Å². The summed E-state index contributed by atoms with van der Waals surface area (Å²) in [5.41, 5.74) is 2.37. The predicted molar refractivity (Wildman–Crippen MR) is 91.7 cm³/mol. The quantitative estimate of drug-likeness (QED) is 0.855. The Kier molecular flexibility index (Phi) is 4.54. The number of amides is 3. The zero-order valence-corrected chi connectivity index (χ0v) is 14.9. The van der Waals surface area contributed by atoms with Crippen LogP contribution in [0.25, 0.3) is 0 Å². The highest BCUT2D eigenvalue weighted by Crippen LogP contribution is 2.30. The lowest BCUT2D eigenvalue weighted by Gasteiger charge is -2.27. The van der Waals surface area contributed by atoms with Crippen LogP contribution in [-0.2, 0) is 20.7 Å². The smallest absolute Gasteiger partial charge is 0.411 e. The van der Waals surface area contributed by atoms with Crippen LogP contribution in [0.3, 0.4) is 0 Å². The normalized spacial score (nSPS) is 24.3. The molecule has 0 saturated carbocycles. The molecule has 25 heavy (non-hydrogen) atoms. The van der Waals surface area contributed by atoms with Crippen molar-refractivity contribution in [3.63, 3.8) is 0 Å². The predicted octanol–water partition coefficient (Wildman–Crippen LogP) is 2.57. The molecular weight excluding hydrogens is 320 g/mol. The van der Waals surface area contributed by atoms with Gasteiger partial charge in [-0.3, -0.25) is 19.8 Å². The van der Waals surface area contributed by atoms with E-state index in [1.54, 1.807) is 0 Å². The van der Waals surface area contributed by atoms with Crippen LogP contribution in [0.5, 0.6) is 0 Å². The summed E-state index contributed by atoms with van der Waals surface area (Å²) in [6, 6.07) is 7.45. The number of hydrogen-bond acceptors (Lipinski definition) is 4. The topological polar surface area (TPSA) is 75.7 Å². The van der Waals surface area contributed by atoms with Crippen LogP contribution < -0.4 is 5.32 Å². The maximum Gasteiger partial charge on any atom is 0.411 e. The Morgan fingerprint density at radius 2 is 1.84 bits per heavy atom. The Bertz CT molecular complexity index is 690. The van der Waals surface area contributed by atoms with Crippen molar-refractivity contribution in [1.29, 1.82) is 0 Å². The van der Waals surface area contributed by atoms with Gasteiger partial charge < -0.3 is 4.74 Å². The minimum atomic E-state index is -0.629. The molecule has 2 aliphatic heterocycles. The number of rotatable bonds is 3. The number of nitrogens with zero attached hydrogens (tertiary/aromatic N) is 1. The molecule has 0 bridgehead atoms. The number of benzene rings is 1. The first-order chi connectivity index (χ1) is 11.7. The number of carbonyl (C=O) groups excluding carboxylic acids is 3. The van der Waals surface area contributed by atoms with Crippen molar-refractivity contribution in [3.8, 4) is 0 Å². The molecule has 3 rings (SSSR count). The molecule has 6 heteroatoms. The van der Waals surface area contributed by atoms with Crippen molar-refractivity contribution in [2.45, 2.75) is 52.2 Å². The van der Waals surface area contributed by atoms with Crippen molar-refractivity contribution < 1.29 is 19.1 Å². The number of nitrogens with one attached hydrogen (secondary N) is 1. The van der Waals surface area contributed by atoms with E-state index in [0.717, 1.165) is 12.0 Å². The van der Waals surface area contributed by atoms with Crippen LogP contribution in [0.15, 0.2) is 24.3 Å². The van der Waals surface area contributed by atoms with Gasteiger partial charge in [0.2, 0.25) is 11.8 Å². The first kappa shape index (κ1) is 17.5. The van der Waals surface area contributed by atoms with E-state index in [1.165, 1.54) is 10.5 Å². The van der Waals surface area contributed by atoms with Crippen molar-refractivity contribution in [2.24, 2.45) is 5.41 Å². The lowest BCUT2D eigenvalue weighted by atomic mass is 9.88. The molecule has 2 heterocycles. The molecule has 1 unspecified atom stereocenters. The zero-order chi connectivity index (χ0) is 18.2. The molecule has 134 valence electrons. The molecule has 2 saturated heterocycles. The average Bonchev–Trinajstić information content (AvgIpc) is 2.88. The number of piperidine rings is 1. The molecule has 1 aromatic rings. The molecule has 1 aromatic carbocycles. The SMILES string of the molecule is CC(C)(C)Cc1ccc([C@H]2CN(C3CCC(=O)NC3=O)C(=O)O2)cc1. The Hall–Kier alpha value is -2.37. The van der Waals surface area contributed by atoms with E-state index in [2.05, 4.69) is 38.2 Å². The summed E-state index contributed by atoms with van der Waals surface area (Å²) >= 11 is 0. The molecule has 6 nitrogen and oxygen atoms in total. The molecule has 0 aromatic heterocycles. The molecule has 0 aliphatic carbocycles. The van der Waals surface area contributed by atoms with Gasteiger partial charge in [0.25, 0.3) is 0 Å². The molecule has 2 atom stereocenters. The van der Waals surface area contributed by atoms with E-state index in [9.17, 15) is 14.4 Å². The van der Waals surface area contributed by atoms with Gasteiger partial charge in [0.05, 0.1) is 6.54 Å². The second kappa shape index (κ2) is 6.50. The van der Waals surface area contributed by atoms with Gasteiger partial charge in [-0.05, 0) is 29.4 Å². The summed E-state index contributed by atoms with van der Waals surface area (Å²) < 4.78 is 5.45. The van der Waals surface area contributed by atoms with Gasteiger partial charge in [-0.25, -0.2) is 4.79 Å². The highest BCUT2D eigenvalue weighted by molar-refractivity contribution is 6.01. The van der Waals surface area contributed by atoms with Crippen molar-refractivity contribution in [2.75, 3.05) is 6.54 Å². The van der Waals surface area contributed by atoms with Crippen LogP contribution >= 0.6 is 0 Å². The second-order valence-corrected chi connectivity index (χ2v) is 7.97. The summed E-state index contributed by atoms with van der Waals surface area (Å²) in [5.74, 6) is -0.714. The van der Waals surface area contributed by atoms with Crippen LogP contribution in [-0.4, -0.2) is 35.4 Å². The van der Waals surface area contributed by atoms with E-state index >= 15 is 0 Å². The van der Waals surface area contributed by atoms with Gasteiger partial charge in [0.1, 0.15) is 12.1 Å². The Morgan fingerprint density at radius 1 is 1.16 bits per heavy atom. The minimum absolute atomic E-state index is 0.212. The van der Waals surface area contributed by atoms with E-state index in [4.69, 9.17) is 4.74 Å². The van der Waals surface area contributed by atoms with Gasteiger partial charge in [0, 0.05) is 6.42 Å². The fourth-order valence-corrected chi connectivity index (χ4v) is 3.35. The summed E-state index contributed by atoms with van der Waals surface area (Å²) in [6.07, 6.45) is 0.670. The van der Waals surface area contributed by atoms with Gasteiger partial charge >= 0.3 is 6.09 Å². The number of carbonyl (C=O) groups is 3. The molecule has 1 N–H and O–H groups in total. The third-order valence-electron chi connectivity index (χ3n) is 4.51. The first-order valence-electron chi connectivity index (χ1n) is 8.63. The standard InChI is InChI=1S/C19H24N2O4/c1-19(2,3)10-12-4-6-13(7-5-12)15-11-21(18(24)25-15)14-8-9-16(22)20-17(14)23/h4-7,14-15H,8-11H2,1-3H3,(H,20,22,23)/t14?,15-/m1/s1. The largest absolute Gasteiger partial charge is 0.439 e. The lowest BCUT2D eigenvalue weighted by molar-refractivity contribution is -0.136. The average molecular weight is 344 g/mol. The summed E-state index contributed by atoms with van der Waals surface area (Å²) in [6.45, 7) is 6.90. The van der Waals surface area contributed by atoms with Crippen LogP contribution in [0, 0.1) is 5.41 Å². The second-order valence-electron chi connectivity index (χ2n) is 7.97.